The molecule has 0 N–H and O–H groups in total. The van der Waals surface area contributed by atoms with Gasteiger partial charge in [0.1, 0.15) is 6.26 Å². The topological polar surface area (TPSA) is 81.2 Å². The molecule has 0 amide bonds. The summed E-state index contributed by atoms with van der Waals surface area (Å²) in [5, 5.41) is 5.25. The van der Waals surface area contributed by atoms with Crippen LogP contribution in [-0.4, -0.2) is 41.4 Å². The van der Waals surface area contributed by atoms with E-state index < -0.39 is 20.8 Å². The zero-order valence-electron chi connectivity index (χ0n) is 13.0. The summed E-state index contributed by atoms with van der Waals surface area (Å²) in [4.78, 5) is 1.97. The summed E-state index contributed by atoms with van der Waals surface area (Å²) in [7, 11) is -2.62. The van der Waals surface area contributed by atoms with Crippen LogP contribution in [0.15, 0.2) is 34.1 Å². The second kappa shape index (κ2) is 5.63. The second-order valence-electron chi connectivity index (χ2n) is 5.90. The number of alkyl halides is 1. The number of anilines is 1. The first kappa shape index (κ1) is 16.0. The van der Waals surface area contributed by atoms with Crippen molar-refractivity contribution in [3.05, 3.63) is 24.6 Å². The number of nitrogens with zero attached hydrogens (tertiary/aromatic N) is 4. The molecule has 1 aliphatic rings. The highest BCUT2D eigenvalue weighted by Gasteiger charge is 2.49. The quantitative estimate of drug-likeness (QED) is 0.842. The molecular formula is C14H19FN4O3S. The van der Waals surface area contributed by atoms with Crippen LogP contribution in [0.1, 0.15) is 19.8 Å². The van der Waals surface area contributed by atoms with Gasteiger partial charge in [-0.05, 0) is 25.8 Å². The second-order valence-corrected chi connectivity index (χ2v) is 8.12. The first-order valence-corrected chi connectivity index (χ1v) is 8.89. The molecule has 0 spiro atoms. The van der Waals surface area contributed by atoms with Crippen LogP contribution in [-0.2, 0) is 16.9 Å². The van der Waals surface area contributed by atoms with E-state index in [1.807, 2.05) is 4.90 Å². The first-order chi connectivity index (χ1) is 10.8. The van der Waals surface area contributed by atoms with Crippen LogP contribution >= 0.6 is 0 Å². The van der Waals surface area contributed by atoms with Crippen molar-refractivity contribution in [3.8, 4) is 0 Å². The molecule has 7 nitrogen and oxygen atoms in total. The third-order valence-corrected chi connectivity index (χ3v) is 6.88. The Hall–Kier alpha value is -1.90. The fourth-order valence-electron chi connectivity index (χ4n) is 3.04. The third kappa shape index (κ3) is 2.62. The van der Waals surface area contributed by atoms with Gasteiger partial charge in [0, 0.05) is 32.1 Å². The lowest BCUT2D eigenvalue weighted by Crippen LogP contribution is -2.46. The summed E-state index contributed by atoms with van der Waals surface area (Å²) in [6.45, 7) is 2.24. The molecule has 3 rings (SSSR count). The average Bonchev–Trinajstić information content (AvgIpc) is 3.18. The lowest BCUT2D eigenvalue weighted by Gasteiger charge is -2.37. The maximum absolute atomic E-state index is 15.3. The van der Waals surface area contributed by atoms with E-state index in [2.05, 4.69) is 10.3 Å². The molecule has 0 saturated carbocycles. The van der Waals surface area contributed by atoms with Crippen molar-refractivity contribution in [1.29, 1.82) is 0 Å². The van der Waals surface area contributed by atoms with E-state index in [1.54, 1.807) is 6.07 Å². The number of aryl methyl sites for hydroxylation is 1. The van der Waals surface area contributed by atoms with Crippen LogP contribution in [0, 0.1) is 5.92 Å². The van der Waals surface area contributed by atoms with Crippen molar-refractivity contribution in [2.75, 3.05) is 18.0 Å². The molecule has 0 bridgehead atoms. The van der Waals surface area contributed by atoms with E-state index in [0.717, 1.165) is 6.92 Å². The highest BCUT2D eigenvalue weighted by molar-refractivity contribution is 7.92. The lowest BCUT2D eigenvalue weighted by molar-refractivity contribution is 0.165. The smallest absolute Gasteiger partial charge is 0.230 e. The maximum atomic E-state index is 15.3. The molecular weight excluding hydrogens is 323 g/mol. The average molecular weight is 342 g/mol. The Kier molecular flexibility index (Phi) is 3.91. The molecule has 1 fully saturated rings. The minimum absolute atomic E-state index is 0.0959. The predicted octanol–water partition coefficient (Wildman–Crippen LogP) is 1.78. The van der Waals surface area contributed by atoms with Gasteiger partial charge in [0.25, 0.3) is 0 Å². The van der Waals surface area contributed by atoms with E-state index in [-0.39, 0.29) is 5.03 Å². The fourth-order valence-corrected chi connectivity index (χ4v) is 4.76. The van der Waals surface area contributed by atoms with Gasteiger partial charge in [-0.15, -0.1) is 0 Å². The summed E-state index contributed by atoms with van der Waals surface area (Å²) < 4.78 is 46.6. The number of aromatic nitrogens is 3. The minimum atomic E-state index is -4.12. The minimum Gasteiger partial charge on any atom is -0.363 e. The van der Waals surface area contributed by atoms with Crippen LogP contribution in [0.5, 0.6) is 0 Å². The first-order valence-electron chi connectivity index (χ1n) is 7.41. The molecule has 1 atom stereocenters. The molecule has 2 aromatic heterocycles. The van der Waals surface area contributed by atoms with Crippen molar-refractivity contribution < 1.29 is 17.3 Å². The summed E-state index contributed by atoms with van der Waals surface area (Å²) >= 11 is 0. The summed E-state index contributed by atoms with van der Waals surface area (Å²) in [5.41, 5.74) is 0. The van der Waals surface area contributed by atoms with E-state index in [0.29, 0.717) is 31.7 Å². The Morgan fingerprint density at radius 1 is 1.35 bits per heavy atom. The largest absolute Gasteiger partial charge is 0.363 e. The Bertz CT molecular complexity index is 762. The predicted molar refractivity (Wildman–Crippen MR) is 81.3 cm³/mol. The highest BCUT2D eigenvalue weighted by atomic mass is 32.2. The van der Waals surface area contributed by atoms with Crippen LogP contribution in [0.25, 0.3) is 0 Å². The van der Waals surface area contributed by atoms with Crippen LogP contribution in [0.3, 0.4) is 0 Å². The number of sulfone groups is 1. The Morgan fingerprint density at radius 3 is 2.57 bits per heavy atom. The zero-order chi connectivity index (χ0) is 16.7. The molecule has 23 heavy (non-hydrogen) atoms. The van der Waals surface area contributed by atoms with Gasteiger partial charge in [-0.1, -0.05) is 5.16 Å². The van der Waals surface area contributed by atoms with Gasteiger partial charge in [-0.3, -0.25) is 4.68 Å². The van der Waals surface area contributed by atoms with Gasteiger partial charge < -0.3 is 9.42 Å². The van der Waals surface area contributed by atoms with Gasteiger partial charge in [0.05, 0.1) is 6.20 Å². The van der Waals surface area contributed by atoms with E-state index in [1.165, 1.54) is 30.3 Å². The van der Waals surface area contributed by atoms with Crippen LogP contribution < -0.4 is 4.90 Å². The van der Waals surface area contributed by atoms with Crippen molar-refractivity contribution in [2.45, 2.75) is 29.8 Å². The molecule has 0 aliphatic carbocycles. The number of halogens is 1. The Balaban J connectivity index is 1.78. The highest BCUT2D eigenvalue weighted by Crippen LogP contribution is 2.39. The molecule has 1 saturated heterocycles. The Morgan fingerprint density at radius 2 is 2.04 bits per heavy atom. The number of piperidine rings is 1. The Labute approximate surface area is 134 Å². The van der Waals surface area contributed by atoms with Gasteiger partial charge >= 0.3 is 0 Å². The van der Waals surface area contributed by atoms with Gasteiger partial charge in [0.2, 0.25) is 14.8 Å². The summed E-state index contributed by atoms with van der Waals surface area (Å²) in [6, 6.07) is 3.07. The van der Waals surface area contributed by atoms with Gasteiger partial charge in [-0.25, -0.2) is 12.8 Å². The fraction of sp³-hybridized carbons (Fsp3) is 0.571. The SMILES string of the molecule is Cn1nccc1S(=O)(=O)C(C)(F)C1CCN(c2ccon2)CC1. The number of hydrogen-bond acceptors (Lipinski definition) is 6. The van der Waals surface area contributed by atoms with Crippen molar-refractivity contribution in [1.82, 2.24) is 14.9 Å². The number of rotatable bonds is 4. The molecule has 1 aliphatic heterocycles. The van der Waals surface area contributed by atoms with E-state index in [9.17, 15) is 8.42 Å². The standard InChI is InChI=1S/C14H19FN4O3S/c1-14(15,23(20,21)13-3-7-16-18(13)2)11-4-8-19(9-5-11)12-6-10-22-17-12/h3,6-7,10-11H,4-5,8-9H2,1-2H3. The van der Waals surface area contributed by atoms with E-state index in [4.69, 9.17) is 4.52 Å². The molecule has 0 radical (unpaired) electrons. The molecule has 126 valence electrons. The van der Waals surface area contributed by atoms with Crippen molar-refractivity contribution in [3.63, 3.8) is 0 Å². The molecule has 3 heterocycles. The monoisotopic (exact) mass is 342 g/mol. The molecule has 1 unspecified atom stereocenters. The molecule has 0 aromatic carbocycles. The number of hydrogen-bond donors (Lipinski definition) is 0. The lowest BCUT2D eigenvalue weighted by atomic mass is 9.92. The summed E-state index contributed by atoms with van der Waals surface area (Å²) in [5.74, 6) is 0.115. The molecule has 9 heteroatoms. The van der Waals surface area contributed by atoms with Crippen LogP contribution in [0.2, 0.25) is 0 Å². The maximum Gasteiger partial charge on any atom is 0.230 e. The third-order valence-electron chi connectivity index (χ3n) is 4.55. The van der Waals surface area contributed by atoms with E-state index >= 15 is 4.39 Å². The van der Waals surface area contributed by atoms with Crippen molar-refractivity contribution >= 4 is 15.7 Å². The zero-order valence-corrected chi connectivity index (χ0v) is 13.8. The molecule has 2 aromatic rings. The van der Waals surface area contributed by atoms with Crippen LogP contribution in [0.4, 0.5) is 10.2 Å². The van der Waals surface area contributed by atoms with Crippen molar-refractivity contribution in [2.24, 2.45) is 13.0 Å². The summed E-state index contributed by atoms with van der Waals surface area (Å²) in [6.07, 6.45) is 3.69. The van der Waals surface area contributed by atoms with Gasteiger partial charge in [-0.2, -0.15) is 5.10 Å². The van der Waals surface area contributed by atoms with Gasteiger partial charge in [0.15, 0.2) is 10.8 Å². The normalized spacial score (nSPS) is 19.7.